The number of nitrogens with one attached hydrogen (secondary N) is 1. The van der Waals surface area contributed by atoms with Crippen LogP contribution in [0.5, 0.6) is 0 Å². The summed E-state index contributed by atoms with van der Waals surface area (Å²) >= 11 is 1.37. The van der Waals surface area contributed by atoms with Crippen molar-refractivity contribution in [2.75, 3.05) is 5.75 Å². The zero-order chi connectivity index (χ0) is 16.2. The molecule has 1 amide bonds. The lowest BCUT2D eigenvalue weighted by Crippen LogP contribution is -2.25. The van der Waals surface area contributed by atoms with E-state index in [1.54, 1.807) is 18.2 Å². The van der Waals surface area contributed by atoms with Crippen LogP contribution in [0.4, 0.5) is 4.39 Å². The fourth-order valence-corrected chi connectivity index (χ4v) is 3.09. The van der Waals surface area contributed by atoms with E-state index in [9.17, 15) is 9.18 Å². The van der Waals surface area contributed by atoms with Gasteiger partial charge in [0.05, 0.1) is 16.8 Å². The molecule has 1 N–H and O–H groups in total. The summed E-state index contributed by atoms with van der Waals surface area (Å²) in [5.74, 6) is -0.216. The van der Waals surface area contributed by atoms with Gasteiger partial charge in [-0.2, -0.15) is 0 Å². The molecule has 3 aromatic rings. The van der Waals surface area contributed by atoms with Crippen molar-refractivity contribution in [2.45, 2.75) is 11.7 Å². The van der Waals surface area contributed by atoms with Crippen molar-refractivity contribution in [1.29, 1.82) is 0 Å². The van der Waals surface area contributed by atoms with Gasteiger partial charge in [0, 0.05) is 19.2 Å². The maximum atomic E-state index is 13.5. The zero-order valence-corrected chi connectivity index (χ0v) is 13.4. The number of benzene rings is 2. The molecule has 0 aliphatic rings. The molecule has 3 rings (SSSR count). The second-order valence-electron chi connectivity index (χ2n) is 5.10. The number of para-hydroxylation sites is 2. The number of halogens is 1. The molecular weight excluding hydrogens is 313 g/mol. The third-order valence-corrected chi connectivity index (χ3v) is 4.54. The molecule has 0 saturated heterocycles. The number of hydrogen-bond donors (Lipinski definition) is 1. The van der Waals surface area contributed by atoms with Crippen LogP contribution in [0.15, 0.2) is 53.7 Å². The Kier molecular flexibility index (Phi) is 4.62. The summed E-state index contributed by atoms with van der Waals surface area (Å²) in [6.07, 6.45) is 0. The Morgan fingerprint density at radius 2 is 1.96 bits per heavy atom. The van der Waals surface area contributed by atoms with Gasteiger partial charge in [0.25, 0.3) is 0 Å². The monoisotopic (exact) mass is 329 g/mol. The molecule has 0 aliphatic heterocycles. The van der Waals surface area contributed by atoms with E-state index in [1.165, 1.54) is 17.8 Å². The van der Waals surface area contributed by atoms with Crippen molar-refractivity contribution in [1.82, 2.24) is 14.9 Å². The fraction of sp³-hybridized carbons (Fsp3) is 0.176. The van der Waals surface area contributed by atoms with Gasteiger partial charge in [-0.15, -0.1) is 0 Å². The molecule has 0 radical (unpaired) electrons. The van der Waals surface area contributed by atoms with Crippen molar-refractivity contribution in [3.8, 4) is 0 Å². The van der Waals surface area contributed by atoms with Gasteiger partial charge in [0.15, 0.2) is 5.16 Å². The average Bonchev–Trinajstić information content (AvgIpc) is 2.89. The van der Waals surface area contributed by atoms with E-state index < -0.39 is 0 Å². The summed E-state index contributed by atoms with van der Waals surface area (Å²) in [5, 5.41) is 3.51. The van der Waals surface area contributed by atoms with Gasteiger partial charge in [-0.25, -0.2) is 9.37 Å². The number of imidazole rings is 1. The Labute approximate surface area is 137 Å². The summed E-state index contributed by atoms with van der Waals surface area (Å²) in [6, 6.07) is 14.2. The van der Waals surface area contributed by atoms with Gasteiger partial charge in [0.2, 0.25) is 5.91 Å². The number of carbonyl (C=O) groups excluding carboxylic acids is 1. The van der Waals surface area contributed by atoms with Crippen LogP contribution in [-0.2, 0) is 18.4 Å². The first-order valence-corrected chi connectivity index (χ1v) is 8.18. The predicted molar refractivity (Wildman–Crippen MR) is 89.7 cm³/mol. The standard InChI is InChI=1S/C17H16FN3OS/c1-21-15-9-5-4-8-14(15)20-17(21)23-11-16(22)19-10-12-6-2-3-7-13(12)18/h2-9H,10-11H2,1H3,(H,19,22). The van der Waals surface area contributed by atoms with Gasteiger partial charge < -0.3 is 9.88 Å². The first kappa shape index (κ1) is 15.6. The second-order valence-corrected chi connectivity index (χ2v) is 6.04. The number of amides is 1. The highest BCUT2D eigenvalue weighted by atomic mass is 32.2. The van der Waals surface area contributed by atoms with Gasteiger partial charge in [-0.1, -0.05) is 42.1 Å². The van der Waals surface area contributed by atoms with E-state index in [4.69, 9.17) is 0 Å². The van der Waals surface area contributed by atoms with Gasteiger partial charge >= 0.3 is 0 Å². The third kappa shape index (κ3) is 3.53. The summed E-state index contributed by atoms with van der Waals surface area (Å²) in [5.41, 5.74) is 2.42. The zero-order valence-electron chi connectivity index (χ0n) is 12.6. The number of thioether (sulfide) groups is 1. The lowest BCUT2D eigenvalue weighted by atomic mass is 10.2. The van der Waals surface area contributed by atoms with Crippen molar-refractivity contribution >= 4 is 28.7 Å². The number of aryl methyl sites for hydroxylation is 1. The molecule has 2 aromatic carbocycles. The number of hydrogen-bond acceptors (Lipinski definition) is 3. The Bertz CT molecular complexity index is 847. The third-order valence-electron chi connectivity index (χ3n) is 3.51. The van der Waals surface area contributed by atoms with Crippen molar-refractivity contribution in [2.24, 2.45) is 7.05 Å². The van der Waals surface area contributed by atoms with Crippen LogP contribution < -0.4 is 5.32 Å². The molecule has 0 atom stereocenters. The Morgan fingerprint density at radius 3 is 2.74 bits per heavy atom. The van der Waals surface area contributed by atoms with E-state index in [2.05, 4.69) is 10.3 Å². The van der Waals surface area contributed by atoms with Crippen molar-refractivity contribution in [3.05, 3.63) is 59.9 Å². The van der Waals surface area contributed by atoms with Gasteiger partial charge in [-0.3, -0.25) is 4.79 Å². The Hall–Kier alpha value is -2.34. The maximum absolute atomic E-state index is 13.5. The molecular formula is C17H16FN3OS. The molecule has 23 heavy (non-hydrogen) atoms. The van der Waals surface area contributed by atoms with Crippen LogP contribution in [0.25, 0.3) is 11.0 Å². The molecule has 0 unspecified atom stereocenters. The normalized spacial score (nSPS) is 10.9. The molecule has 118 valence electrons. The minimum Gasteiger partial charge on any atom is -0.351 e. The second kappa shape index (κ2) is 6.83. The molecule has 6 heteroatoms. The molecule has 0 fully saturated rings. The van der Waals surface area contributed by atoms with Crippen molar-refractivity contribution < 1.29 is 9.18 Å². The minimum atomic E-state index is -0.309. The molecule has 0 bridgehead atoms. The van der Waals surface area contributed by atoms with E-state index >= 15 is 0 Å². The van der Waals surface area contributed by atoms with E-state index in [0.29, 0.717) is 5.56 Å². The topological polar surface area (TPSA) is 46.9 Å². The lowest BCUT2D eigenvalue weighted by Gasteiger charge is -2.06. The van der Waals surface area contributed by atoms with Gasteiger partial charge in [-0.05, 0) is 18.2 Å². The van der Waals surface area contributed by atoms with Crippen LogP contribution in [0.2, 0.25) is 0 Å². The molecule has 1 heterocycles. The molecule has 0 aliphatic carbocycles. The first-order valence-electron chi connectivity index (χ1n) is 7.19. The molecule has 0 saturated carbocycles. The highest BCUT2D eigenvalue weighted by molar-refractivity contribution is 7.99. The van der Waals surface area contributed by atoms with Gasteiger partial charge in [0.1, 0.15) is 5.82 Å². The van der Waals surface area contributed by atoms with Crippen LogP contribution >= 0.6 is 11.8 Å². The SMILES string of the molecule is Cn1c(SCC(=O)NCc2ccccc2F)nc2ccccc21. The number of nitrogens with zero attached hydrogens (tertiary/aromatic N) is 2. The number of aromatic nitrogens is 2. The highest BCUT2D eigenvalue weighted by Gasteiger charge is 2.10. The summed E-state index contributed by atoms with van der Waals surface area (Å²) < 4.78 is 15.5. The Morgan fingerprint density at radius 1 is 1.22 bits per heavy atom. The molecule has 1 aromatic heterocycles. The van der Waals surface area contributed by atoms with Crippen LogP contribution in [0, 0.1) is 5.82 Å². The molecule has 0 spiro atoms. The quantitative estimate of drug-likeness (QED) is 0.732. The lowest BCUT2D eigenvalue weighted by molar-refractivity contribution is -0.118. The largest absolute Gasteiger partial charge is 0.351 e. The predicted octanol–water partition coefficient (Wildman–Crippen LogP) is 3.12. The summed E-state index contributed by atoms with van der Waals surface area (Å²) in [7, 11) is 1.93. The van der Waals surface area contributed by atoms with Crippen LogP contribution in [-0.4, -0.2) is 21.2 Å². The minimum absolute atomic E-state index is 0.148. The number of rotatable bonds is 5. The summed E-state index contributed by atoms with van der Waals surface area (Å²) in [6.45, 7) is 0.189. The van der Waals surface area contributed by atoms with E-state index in [0.717, 1.165) is 16.2 Å². The first-order chi connectivity index (χ1) is 11.1. The average molecular weight is 329 g/mol. The highest BCUT2D eigenvalue weighted by Crippen LogP contribution is 2.22. The van der Waals surface area contributed by atoms with Crippen molar-refractivity contribution in [3.63, 3.8) is 0 Å². The van der Waals surface area contributed by atoms with Crippen LogP contribution in [0.3, 0.4) is 0 Å². The van der Waals surface area contributed by atoms with E-state index in [-0.39, 0.29) is 24.0 Å². The molecule has 4 nitrogen and oxygen atoms in total. The number of fused-ring (bicyclic) bond motifs is 1. The van der Waals surface area contributed by atoms with E-state index in [1.807, 2.05) is 35.9 Å². The fourth-order valence-electron chi connectivity index (χ4n) is 2.27. The van der Waals surface area contributed by atoms with Crippen LogP contribution in [0.1, 0.15) is 5.56 Å². The smallest absolute Gasteiger partial charge is 0.230 e. The maximum Gasteiger partial charge on any atom is 0.230 e. The Balaban J connectivity index is 1.58. The number of carbonyl (C=O) groups is 1. The summed E-state index contributed by atoms with van der Waals surface area (Å²) in [4.78, 5) is 16.4.